The second-order valence-electron chi connectivity index (χ2n) is 6.12. The third kappa shape index (κ3) is 1.58. The van der Waals surface area contributed by atoms with Gasteiger partial charge in [0.05, 0.1) is 23.4 Å². The fraction of sp³-hybridized carbons (Fsp3) is 0.105. The molecule has 2 N–H and O–H groups in total. The van der Waals surface area contributed by atoms with Crippen LogP contribution in [-0.2, 0) is 6.54 Å². The average Bonchev–Trinajstić information content (AvgIpc) is 3.04. The van der Waals surface area contributed by atoms with Gasteiger partial charge in [0.15, 0.2) is 0 Å². The summed E-state index contributed by atoms with van der Waals surface area (Å²) in [6.07, 6.45) is 0. The number of benzene rings is 2. The molecule has 0 bridgehead atoms. The summed E-state index contributed by atoms with van der Waals surface area (Å²) in [7, 11) is 0. The maximum atomic E-state index is 9.75. The number of hydrogen-bond donors (Lipinski definition) is 2. The van der Waals surface area contributed by atoms with Gasteiger partial charge in [0, 0.05) is 21.9 Å². The lowest BCUT2D eigenvalue weighted by molar-refractivity contribution is 0.475. The third-order valence-electron chi connectivity index (χ3n) is 4.80. The maximum Gasteiger partial charge on any atom is 0.116 e. The monoisotopic (exact) mass is 302 g/mol. The summed E-state index contributed by atoms with van der Waals surface area (Å²) in [4.78, 5) is 4.82. The molecule has 0 radical (unpaired) electrons. The van der Waals surface area contributed by atoms with E-state index in [4.69, 9.17) is 4.98 Å². The van der Waals surface area contributed by atoms with Crippen LogP contribution in [0.3, 0.4) is 0 Å². The molecule has 112 valence electrons. The SMILES string of the molecule is Cc1c2c(nc3ccc(O)cc13)-c1cc3cc(O)ccc3n1C2. The molecule has 3 heterocycles. The fourth-order valence-electron chi connectivity index (χ4n) is 3.64. The Morgan fingerprint density at radius 2 is 1.78 bits per heavy atom. The topological polar surface area (TPSA) is 58.3 Å². The lowest BCUT2D eigenvalue weighted by Crippen LogP contribution is -1.95. The molecule has 4 heteroatoms. The number of aromatic hydroxyl groups is 2. The predicted octanol–water partition coefficient (Wildman–Crippen LogP) is 3.94. The molecule has 5 rings (SSSR count). The van der Waals surface area contributed by atoms with Gasteiger partial charge >= 0.3 is 0 Å². The Hall–Kier alpha value is -3.01. The quantitative estimate of drug-likeness (QED) is 0.455. The molecule has 4 nitrogen and oxygen atoms in total. The number of hydrogen-bond acceptors (Lipinski definition) is 3. The van der Waals surface area contributed by atoms with Crippen LogP contribution in [0, 0.1) is 6.92 Å². The maximum absolute atomic E-state index is 9.75. The van der Waals surface area contributed by atoms with Crippen LogP contribution >= 0.6 is 0 Å². The molecule has 0 saturated heterocycles. The fourth-order valence-corrected chi connectivity index (χ4v) is 3.64. The van der Waals surface area contributed by atoms with Gasteiger partial charge in [0.25, 0.3) is 0 Å². The van der Waals surface area contributed by atoms with E-state index in [1.165, 1.54) is 5.56 Å². The van der Waals surface area contributed by atoms with Gasteiger partial charge in [-0.1, -0.05) is 0 Å². The zero-order valence-corrected chi connectivity index (χ0v) is 12.5. The molecule has 0 spiro atoms. The summed E-state index contributed by atoms with van der Waals surface area (Å²) in [5, 5.41) is 21.4. The molecule has 0 fully saturated rings. The van der Waals surface area contributed by atoms with Crippen molar-refractivity contribution in [1.29, 1.82) is 0 Å². The van der Waals surface area contributed by atoms with Gasteiger partial charge in [-0.05, 0) is 55.0 Å². The Morgan fingerprint density at radius 3 is 2.65 bits per heavy atom. The highest BCUT2D eigenvalue weighted by Gasteiger charge is 2.25. The van der Waals surface area contributed by atoms with E-state index in [-0.39, 0.29) is 11.5 Å². The van der Waals surface area contributed by atoms with E-state index in [0.29, 0.717) is 0 Å². The zero-order chi connectivity index (χ0) is 15.7. The van der Waals surface area contributed by atoms with E-state index >= 15 is 0 Å². The minimum Gasteiger partial charge on any atom is -0.508 e. The Morgan fingerprint density at radius 1 is 1.00 bits per heavy atom. The Kier molecular flexibility index (Phi) is 2.20. The van der Waals surface area contributed by atoms with E-state index in [9.17, 15) is 10.2 Å². The van der Waals surface area contributed by atoms with E-state index < -0.39 is 0 Å². The Balaban J connectivity index is 1.85. The first kappa shape index (κ1) is 12.5. The minimum atomic E-state index is 0.265. The molecule has 0 atom stereocenters. The summed E-state index contributed by atoms with van der Waals surface area (Å²) < 4.78 is 2.23. The van der Waals surface area contributed by atoms with E-state index in [0.717, 1.165) is 45.3 Å². The number of aromatic nitrogens is 2. The molecule has 2 aromatic carbocycles. The standard InChI is InChI=1S/C19H14N2O2/c1-10-14-8-13(23)2-4-16(14)20-19-15(10)9-21-17-5-3-12(22)6-11(17)7-18(19)21/h2-8,22-23H,9H2,1H3. The Bertz CT molecular complexity index is 1130. The number of pyridine rings is 1. The largest absolute Gasteiger partial charge is 0.508 e. The van der Waals surface area contributed by atoms with Crippen LogP contribution in [0.25, 0.3) is 33.2 Å². The van der Waals surface area contributed by atoms with Gasteiger partial charge in [-0.15, -0.1) is 0 Å². The van der Waals surface area contributed by atoms with E-state index in [1.807, 2.05) is 12.1 Å². The zero-order valence-electron chi connectivity index (χ0n) is 12.5. The van der Waals surface area contributed by atoms with E-state index in [2.05, 4.69) is 17.6 Å². The molecule has 4 aromatic rings. The van der Waals surface area contributed by atoms with Crippen LogP contribution in [0.2, 0.25) is 0 Å². The van der Waals surface area contributed by atoms with Crippen molar-refractivity contribution in [2.75, 3.05) is 0 Å². The van der Waals surface area contributed by atoms with Crippen LogP contribution in [0.4, 0.5) is 0 Å². The molecule has 23 heavy (non-hydrogen) atoms. The lowest BCUT2D eigenvalue weighted by atomic mass is 10.0. The van der Waals surface area contributed by atoms with Gasteiger partial charge in [-0.25, -0.2) is 4.98 Å². The second-order valence-corrected chi connectivity index (χ2v) is 6.12. The first-order valence-electron chi connectivity index (χ1n) is 7.56. The lowest BCUT2D eigenvalue weighted by Gasteiger charge is -2.08. The number of phenolic OH excluding ortho intramolecular Hbond substituents is 2. The molecule has 0 unspecified atom stereocenters. The van der Waals surface area contributed by atoms with Crippen molar-refractivity contribution < 1.29 is 10.2 Å². The highest BCUT2D eigenvalue weighted by Crippen LogP contribution is 2.40. The third-order valence-corrected chi connectivity index (χ3v) is 4.80. The molecule has 0 aliphatic carbocycles. The van der Waals surface area contributed by atoms with Crippen LogP contribution in [0.1, 0.15) is 11.1 Å². The first-order valence-corrected chi connectivity index (χ1v) is 7.56. The molecule has 1 aliphatic rings. The van der Waals surface area contributed by atoms with Gasteiger partial charge in [-0.2, -0.15) is 0 Å². The summed E-state index contributed by atoms with van der Waals surface area (Å²) in [6, 6.07) is 12.8. The summed E-state index contributed by atoms with van der Waals surface area (Å²) in [5.74, 6) is 0.543. The molecule has 2 aromatic heterocycles. The molecule has 1 aliphatic heterocycles. The first-order chi connectivity index (χ1) is 11.1. The highest BCUT2D eigenvalue weighted by atomic mass is 16.3. The van der Waals surface area contributed by atoms with E-state index in [1.54, 1.807) is 24.3 Å². The van der Waals surface area contributed by atoms with Crippen molar-refractivity contribution in [3.05, 3.63) is 53.6 Å². The van der Waals surface area contributed by atoms with Gasteiger partial charge < -0.3 is 14.8 Å². The van der Waals surface area contributed by atoms with Crippen molar-refractivity contribution in [1.82, 2.24) is 9.55 Å². The molecular formula is C19H14N2O2. The summed E-state index contributed by atoms with van der Waals surface area (Å²) in [6.45, 7) is 2.85. The van der Waals surface area contributed by atoms with Crippen molar-refractivity contribution in [2.24, 2.45) is 0 Å². The average molecular weight is 302 g/mol. The Labute approximate surface area is 132 Å². The van der Waals surface area contributed by atoms with Crippen molar-refractivity contribution in [3.63, 3.8) is 0 Å². The molecule has 0 amide bonds. The minimum absolute atomic E-state index is 0.265. The highest BCUT2D eigenvalue weighted by molar-refractivity contribution is 5.93. The summed E-state index contributed by atoms with van der Waals surface area (Å²) >= 11 is 0. The van der Waals surface area contributed by atoms with Crippen LogP contribution in [0.15, 0.2) is 42.5 Å². The number of nitrogens with zero attached hydrogens (tertiary/aromatic N) is 2. The molecular weight excluding hydrogens is 288 g/mol. The molecule has 0 saturated carbocycles. The van der Waals surface area contributed by atoms with Crippen molar-refractivity contribution in [2.45, 2.75) is 13.5 Å². The second kappa shape index (κ2) is 4.04. The summed E-state index contributed by atoms with van der Waals surface area (Å²) in [5.41, 5.74) is 6.43. The van der Waals surface area contributed by atoms with Gasteiger partial charge in [-0.3, -0.25) is 0 Å². The van der Waals surface area contributed by atoms with Crippen LogP contribution in [-0.4, -0.2) is 19.8 Å². The van der Waals surface area contributed by atoms with Crippen molar-refractivity contribution in [3.8, 4) is 22.9 Å². The van der Waals surface area contributed by atoms with Gasteiger partial charge in [0.2, 0.25) is 0 Å². The van der Waals surface area contributed by atoms with Crippen molar-refractivity contribution >= 4 is 21.8 Å². The number of phenols is 2. The smallest absolute Gasteiger partial charge is 0.116 e. The normalized spacial score (nSPS) is 12.7. The van der Waals surface area contributed by atoms with Crippen LogP contribution in [0.5, 0.6) is 11.5 Å². The predicted molar refractivity (Wildman–Crippen MR) is 89.8 cm³/mol. The van der Waals surface area contributed by atoms with Gasteiger partial charge in [0.1, 0.15) is 11.5 Å². The number of aryl methyl sites for hydroxylation is 1. The number of fused-ring (bicyclic) bond motifs is 6. The number of rotatable bonds is 0. The van der Waals surface area contributed by atoms with Crippen LogP contribution < -0.4 is 0 Å².